The lowest BCUT2D eigenvalue weighted by Crippen LogP contribution is -2.16. The number of anilines is 1. The lowest BCUT2D eigenvalue weighted by molar-refractivity contribution is 0.600. The number of sulfonamides is 1. The van der Waals surface area contributed by atoms with Crippen molar-refractivity contribution in [1.82, 2.24) is 9.97 Å². The second-order valence-corrected chi connectivity index (χ2v) is 7.43. The van der Waals surface area contributed by atoms with Gasteiger partial charge in [0, 0.05) is 16.0 Å². The van der Waals surface area contributed by atoms with Crippen molar-refractivity contribution in [3.05, 3.63) is 43.8 Å². The van der Waals surface area contributed by atoms with Crippen molar-refractivity contribution in [3.8, 4) is 0 Å². The molecule has 0 atom stereocenters. The summed E-state index contributed by atoms with van der Waals surface area (Å²) in [4.78, 5) is 7.83. The van der Waals surface area contributed by atoms with Crippen molar-refractivity contribution in [2.45, 2.75) is 11.8 Å². The molecule has 0 fully saturated rings. The van der Waals surface area contributed by atoms with E-state index in [0.717, 1.165) is 0 Å². The number of nitrogens with one attached hydrogen (secondary N) is 1. The van der Waals surface area contributed by atoms with E-state index in [1.807, 2.05) is 22.6 Å². The minimum Gasteiger partial charge on any atom is -0.262 e. The molecule has 0 aromatic carbocycles. The van der Waals surface area contributed by atoms with Crippen molar-refractivity contribution < 1.29 is 8.42 Å². The normalized spacial score (nSPS) is 11.4. The molecular weight excluding hydrogens is 436 g/mol. The van der Waals surface area contributed by atoms with Gasteiger partial charge in [0.2, 0.25) is 0 Å². The molecule has 0 radical (unpaired) electrons. The molecule has 0 spiro atoms. The smallest absolute Gasteiger partial charge is 0.262 e. The fourth-order valence-corrected chi connectivity index (χ4v) is 3.53. The van der Waals surface area contributed by atoms with E-state index < -0.39 is 10.0 Å². The van der Waals surface area contributed by atoms with Crippen LogP contribution >= 0.6 is 45.8 Å². The van der Waals surface area contributed by atoms with Crippen molar-refractivity contribution in [3.63, 3.8) is 0 Å². The molecule has 0 unspecified atom stereocenters. The van der Waals surface area contributed by atoms with Gasteiger partial charge in [0.15, 0.2) is 5.82 Å². The zero-order valence-electron chi connectivity index (χ0n) is 10.1. The summed E-state index contributed by atoms with van der Waals surface area (Å²) in [5.41, 5.74) is 0.337. The monoisotopic (exact) mass is 443 g/mol. The van der Waals surface area contributed by atoms with E-state index in [0.29, 0.717) is 9.26 Å². The van der Waals surface area contributed by atoms with Crippen LogP contribution in [0.5, 0.6) is 0 Å². The number of pyridine rings is 2. The number of aromatic nitrogens is 2. The number of rotatable bonds is 3. The Morgan fingerprint density at radius 1 is 1.30 bits per heavy atom. The Morgan fingerprint density at radius 3 is 2.70 bits per heavy atom. The van der Waals surface area contributed by atoms with Gasteiger partial charge in [-0.1, -0.05) is 23.2 Å². The average molecular weight is 444 g/mol. The molecule has 106 valence electrons. The molecule has 0 aliphatic heterocycles. The summed E-state index contributed by atoms with van der Waals surface area (Å²) in [5.74, 6) is 0.0675. The van der Waals surface area contributed by atoms with Gasteiger partial charge in [-0.3, -0.25) is 9.71 Å². The third-order valence-electron chi connectivity index (χ3n) is 2.37. The van der Waals surface area contributed by atoms with Crippen LogP contribution in [0.25, 0.3) is 0 Å². The molecule has 20 heavy (non-hydrogen) atoms. The summed E-state index contributed by atoms with van der Waals surface area (Å²) >= 11 is 13.8. The van der Waals surface area contributed by atoms with Crippen LogP contribution in [0.15, 0.2) is 29.4 Å². The zero-order valence-corrected chi connectivity index (χ0v) is 14.5. The van der Waals surface area contributed by atoms with Gasteiger partial charge in [0.1, 0.15) is 4.90 Å². The standard InChI is InChI=1S/C11H8Cl2IN3O2S/c1-6-9(4-7(12)5-16-6)20(18,19)17-11-10(13)8(14)2-3-15-11/h2-5H,1H3,(H,15,17). The fraction of sp³-hybridized carbons (Fsp3) is 0.0909. The van der Waals surface area contributed by atoms with Gasteiger partial charge in [0.25, 0.3) is 10.0 Å². The summed E-state index contributed by atoms with van der Waals surface area (Å²) in [7, 11) is -3.85. The maximum atomic E-state index is 12.3. The van der Waals surface area contributed by atoms with Gasteiger partial charge < -0.3 is 0 Å². The van der Waals surface area contributed by atoms with E-state index >= 15 is 0 Å². The number of hydrogen-bond donors (Lipinski definition) is 1. The zero-order chi connectivity index (χ0) is 14.9. The number of hydrogen-bond acceptors (Lipinski definition) is 4. The highest BCUT2D eigenvalue weighted by Gasteiger charge is 2.20. The second-order valence-electron chi connectivity index (χ2n) is 3.80. The van der Waals surface area contributed by atoms with Gasteiger partial charge >= 0.3 is 0 Å². The molecule has 0 amide bonds. The summed E-state index contributed by atoms with van der Waals surface area (Å²) in [6.45, 7) is 1.58. The molecule has 2 aromatic rings. The van der Waals surface area contributed by atoms with Crippen LogP contribution in [-0.2, 0) is 10.0 Å². The van der Waals surface area contributed by atoms with E-state index in [9.17, 15) is 8.42 Å². The van der Waals surface area contributed by atoms with Gasteiger partial charge in [-0.2, -0.15) is 0 Å². The Hall–Kier alpha value is -0.640. The lowest BCUT2D eigenvalue weighted by Gasteiger charge is -2.11. The van der Waals surface area contributed by atoms with Crippen LogP contribution in [0.3, 0.4) is 0 Å². The number of aryl methyl sites for hydroxylation is 1. The first-order valence-electron chi connectivity index (χ1n) is 5.26. The van der Waals surface area contributed by atoms with E-state index in [1.54, 1.807) is 13.0 Å². The first-order chi connectivity index (χ1) is 9.31. The molecule has 0 aliphatic rings. The Labute approximate surface area is 139 Å². The molecule has 2 aromatic heterocycles. The number of halogens is 3. The van der Waals surface area contributed by atoms with Gasteiger partial charge in [-0.15, -0.1) is 0 Å². The highest BCUT2D eigenvalue weighted by atomic mass is 127. The van der Waals surface area contributed by atoms with Crippen LogP contribution in [0.4, 0.5) is 5.82 Å². The third-order valence-corrected chi connectivity index (χ3v) is 5.63. The highest BCUT2D eigenvalue weighted by molar-refractivity contribution is 14.1. The van der Waals surface area contributed by atoms with Gasteiger partial charge in [0.05, 0.1) is 15.7 Å². The van der Waals surface area contributed by atoms with Crippen LogP contribution in [-0.4, -0.2) is 18.4 Å². The Kier molecular flexibility index (Phi) is 4.73. The van der Waals surface area contributed by atoms with Crippen LogP contribution < -0.4 is 4.72 Å². The second kappa shape index (κ2) is 6.00. The predicted molar refractivity (Wildman–Crippen MR) is 86.8 cm³/mol. The predicted octanol–water partition coefficient (Wildman–Crippen LogP) is 3.50. The van der Waals surface area contributed by atoms with Gasteiger partial charge in [-0.25, -0.2) is 13.4 Å². The average Bonchev–Trinajstić information content (AvgIpc) is 2.37. The first kappa shape index (κ1) is 15.7. The Bertz CT molecular complexity index is 768. The van der Waals surface area contributed by atoms with Crippen LogP contribution in [0.2, 0.25) is 10.0 Å². The SMILES string of the molecule is Cc1ncc(Cl)cc1S(=O)(=O)Nc1nccc(I)c1Cl. The van der Waals surface area contributed by atoms with E-state index in [2.05, 4.69) is 14.7 Å². The molecule has 0 saturated heterocycles. The number of nitrogens with zero attached hydrogens (tertiary/aromatic N) is 2. The van der Waals surface area contributed by atoms with Crippen molar-refractivity contribution in [2.24, 2.45) is 0 Å². The van der Waals surface area contributed by atoms with E-state index in [-0.39, 0.29) is 20.8 Å². The lowest BCUT2D eigenvalue weighted by atomic mass is 10.4. The molecule has 0 saturated carbocycles. The highest BCUT2D eigenvalue weighted by Crippen LogP contribution is 2.27. The van der Waals surface area contributed by atoms with Gasteiger partial charge in [-0.05, 0) is 41.6 Å². The third kappa shape index (κ3) is 3.33. The minimum atomic E-state index is -3.85. The molecule has 0 bridgehead atoms. The minimum absolute atomic E-state index is 0.0123. The topological polar surface area (TPSA) is 72.0 Å². The Morgan fingerprint density at radius 2 is 2.00 bits per heavy atom. The maximum absolute atomic E-state index is 12.3. The first-order valence-corrected chi connectivity index (χ1v) is 8.58. The van der Waals surface area contributed by atoms with E-state index in [4.69, 9.17) is 23.2 Å². The molecular formula is C11H8Cl2IN3O2S. The van der Waals surface area contributed by atoms with Crippen molar-refractivity contribution in [2.75, 3.05) is 4.72 Å². The molecule has 1 N–H and O–H groups in total. The van der Waals surface area contributed by atoms with Crippen molar-refractivity contribution in [1.29, 1.82) is 0 Å². The maximum Gasteiger partial charge on any atom is 0.264 e. The van der Waals surface area contributed by atoms with Crippen LogP contribution in [0, 0.1) is 10.5 Å². The van der Waals surface area contributed by atoms with E-state index in [1.165, 1.54) is 18.5 Å². The fourth-order valence-electron chi connectivity index (χ4n) is 1.43. The summed E-state index contributed by atoms with van der Waals surface area (Å²) < 4.78 is 27.7. The summed E-state index contributed by atoms with van der Waals surface area (Å²) in [6.07, 6.45) is 2.85. The largest absolute Gasteiger partial charge is 0.264 e. The Balaban J connectivity index is 2.46. The molecule has 9 heteroatoms. The molecule has 2 rings (SSSR count). The molecule has 5 nitrogen and oxygen atoms in total. The quantitative estimate of drug-likeness (QED) is 0.737. The summed E-state index contributed by atoms with van der Waals surface area (Å²) in [6, 6.07) is 3.00. The summed E-state index contributed by atoms with van der Waals surface area (Å²) in [5, 5.41) is 0.474. The van der Waals surface area contributed by atoms with Crippen LogP contribution in [0.1, 0.15) is 5.69 Å². The molecule has 2 heterocycles. The van der Waals surface area contributed by atoms with Crippen molar-refractivity contribution >= 4 is 61.6 Å². The molecule has 0 aliphatic carbocycles.